The highest BCUT2D eigenvalue weighted by molar-refractivity contribution is 7.89. The molecule has 1 heterocycles. The van der Waals surface area contributed by atoms with Gasteiger partial charge in [0.25, 0.3) is 11.8 Å². The molecule has 1 aromatic heterocycles. The molecule has 0 fully saturated rings. The highest BCUT2D eigenvalue weighted by Gasteiger charge is 2.15. The lowest BCUT2D eigenvalue weighted by atomic mass is 10.1. The SMILES string of the molecule is Cc1cc(C(=O)NNC(=O)c2cccc(CS(C)(=O)=O)c2)c(C)o1. The number of aryl methyl sites for hydroxylation is 2. The Hall–Kier alpha value is -2.61. The van der Waals surface area contributed by atoms with Crippen molar-refractivity contribution in [2.24, 2.45) is 0 Å². The van der Waals surface area contributed by atoms with Gasteiger partial charge >= 0.3 is 0 Å². The maximum absolute atomic E-state index is 12.1. The molecule has 0 saturated heterocycles. The Morgan fingerprint density at radius 3 is 2.33 bits per heavy atom. The Morgan fingerprint density at radius 2 is 1.75 bits per heavy atom. The number of furan rings is 1. The number of benzene rings is 1. The van der Waals surface area contributed by atoms with Gasteiger partial charge in [-0.2, -0.15) is 0 Å². The molecule has 2 aromatic rings. The summed E-state index contributed by atoms with van der Waals surface area (Å²) in [5.41, 5.74) is 5.67. The van der Waals surface area contributed by atoms with Crippen LogP contribution in [0.5, 0.6) is 0 Å². The van der Waals surface area contributed by atoms with E-state index in [0.29, 0.717) is 22.6 Å². The summed E-state index contributed by atoms with van der Waals surface area (Å²) in [5.74, 6) is -0.151. The summed E-state index contributed by atoms with van der Waals surface area (Å²) in [5, 5.41) is 0. The van der Waals surface area contributed by atoms with Gasteiger partial charge in [-0.1, -0.05) is 12.1 Å². The van der Waals surface area contributed by atoms with Crippen LogP contribution in [0, 0.1) is 13.8 Å². The lowest BCUT2D eigenvalue weighted by Gasteiger charge is -2.08. The van der Waals surface area contributed by atoms with Crippen LogP contribution in [0.2, 0.25) is 0 Å². The van der Waals surface area contributed by atoms with Crippen molar-refractivity contribution in [1.29, 1.82) is 0 Å². The second-order valence-electron chi connectivity index (χ2n) is 5.51. The number of hydrazine groups is 1. The molecule has 1 aromatic carbocycles. The first kappa shape index (κ1) is 17.7. The zero-order chi connectivity index (χ0) is 17.9. The summed E-state index contributed by atoms with van der Waals surface area (Å²) in [6.07, 6.45) is 1.12. The van der Waals surface area contributed by atoms with Crippen molar-refractivity contribution in [3.63, 3.8) is 0 Å². The first-order valence-corrected chi connectivity index (χ1v) is 9.16. The Labute approximate surface area is 139 Å². The maximum atomic E-state index is 12.1. The average molecular weight is 350 g/mol. The molecule has 8 heteroatoms. The van der Waals surface area contributed by atoms with E-state index < -0.39 is 21.7 Å². The number of amides is 2. The first-order valence-electron chi connectivity index (χ1n) is 7.10. The van der Waals surface area contributed by atoms with E-state index in [1.165, 1.54) is 12.1 Å². The number of carbonyl (C=O) groups is 2. The molecule has 0 aliphatic carbocycles. The molecule has 0 atom stereocenters. The Balaban J connectivity index is 2.04. The van der Waals surface area contributed by atoms with Crippen LogP contribution in [0.25, 0.3) is 0 Å². The molecule has 0 saturated carbocycles. The molecule has 0 aliphatic heterocycles. The quantitative estimate of drug-likeness (QED) is 0.813. The van der Waals surface area contributed by atoms with E-state index in [0.717, 1.165) is 6.26 Å². The van der Waals surface area contributed by atoms with Gasteiger partial charge in [0.2, 0.25) is 0 Å². The summed E-state index contributed by atoms with van der Waals surface area (Å²) in [7, 11) is -3.20. The van der Waals surface area contributed by atoms with E-state index in [1.54, 1.807) is 32.0 Å². The lowest BCUT2D eigenvalue weighted by molar-refractivity contribution is 0.0845. The van der Waals surface area contributed by atoms with E-state index in [1.807, 2.05) is 0 Å². The van der Waals surface area contributed by atoms with Gasteiger partial charge in [0.05, 0.1) is 11.3 Å². The van der Waals surface area contributed by atoms with Crippen LogP contribution < -0.4 is 10.9 Å². The normalized spacial score (nSPS) is 11.1. The van der Waals surface area contributed by atoms with Gasteiger partial charge in [0, 0.05) is 11.8 Å². The summed E-state index contributed by atoms with van der Waals surface area (Å²) in [6, 6.07) is 7.77. The third kappa shape index (κ3) is 4.69. The number of hydrogen-bond acceptors (Lipinski definition) is 5. The molecule has 2 rings (SSSR count). The van der Waals surface area contributed by atoms with Crippen molar-refractivity contribution in [2.75, 3.05) is 6.26 Å². The van der Waals surface area contributed by atoms with Gasteiger partial charge < -0.3 is 4.42 Å². The fourth-order valence-corrected chi connectivity index (χ4v) is 3.00. The van der Waals surface area contributed by atoms with Crippen molar-refractivity contribution in [3.05, 3.63) is 58.5 Å². The van der Waals surface area contributed by atoms with Gasteiger partial charge in [-0.15, -0.1) is 0 Å². The van der Waals surface area contributed by atoms with Crippen LogP contribution >= 0.6 is 0 Å². The Morgan fingerprint density at radius 1 is 1.08 bits per heavy atom. The molecule has 0 radical (unpaired) electrons. The minimum atomic E-state index is -3.20. The lowest BCUT2D eigenvalue weighted by Crippen LogP contribution is -2.41. The summed E-state index contributed by atoms with van der Waals surface area (Å²) in [6.45, 7) is 3.37. The number of hydrogen-bond donors (Lipinski definition) is 2. The Kier molecular flexibility index (Phi) is 5.08. The van der Waals surface area contributed by atoms with Crippen LogP contribution in [0.1, 0.15) is 37.8 Å². The summed E-state index contributed by atoms with van der Waals surface area (Å²) < 4.78 is 27.9. The fraction of sp³-hybridized carbons (Fsp3) is 0.250. The van der Waals surface area contributed by atoms with Crippen molar-refractivity contribution < 1.29 is 22.4 Å². The second kappa shape index (κ2) is 6.88. The number of rotatable bonds is 4. The van der Waals surface area contributed by atoms with E-state index in [-0.39, 0.29) is 11.3 Å². The molecule has 128 valence electrons. The highest BCUT2D eigenvalue weighted by atomic mass is 32.2. The molecule has 2 N–H and O–H groups in total. The van der Waals surface area contributed by atoms with Gasteiger partial charge in [0.1, 0.15) is 11.5 Å². The Bertz CT molecular complexity index is 884. The van der Waals surface area contributed by atoms with Crippen molar-refractivity contribution in [1.82, 2.24) is 10.9 Å². The second-order valence-corrected chi connectivity index (χ2v) is 7.65. The minimum absolute atomic E-state index is 0.159. The molecule has 0 unspecified atom stereocenters. The molecule has 2 amide bonds. The van der Waals surface area contributed by atoms with Gasteiger partial charge in [-0.3, -0.25) is 20.4 Å². The zero-order valence-corrected chi connectivity index (χ0v) is 14.4. The van der Waals surface area contributed by atoms with Gasteiger partial charge in [-0.05, 0) is 37.6 Å². The molecule has 24 heavy (non-hydrogen) atoms. The average Bonchev–Trinajstić information content (AvgIpc) is 2.81. The third-order valence-electron chi connectivity index (χ3n) is 3.19. The van der Waals surface area contributed by atoms with E-state index >= 15 is 0 Å². The van der Waals surface area contributed by atoms with Crippen LogP contribution in [-0.2, 0) is 15.6 Å². The predicted octanol–water partition coefficient (Wildman–Crippen LogP) is 1.52. The molecule has 0 aliphatic rings. The van der Waals surface area contributed by atoms with Crippen LogP contribution in [0.4, 0.5) is 0 Å². The topological polar surface area (TPSA) is 105 Å². The van der Waals surface area contributed by atoms with Crippen molar-refractivity contribution >= 4 is 21.7 Å². The van der Waals surface area contributed by atoms with Crippen molar-refractivity contribution in [3.8, 4) is 0 Å². The zero-order valence-electron chi connectivity index (χ0n) is 13.5. The monoisotopic (exact) mass is 350 g/mol. The maximum Gasteiger partial charge on any atom is 0.273 e. The highest BCUT2D eigenvalue weighted by Crippen LogP contribution is 2.13. The molecular weight excluding hydrogens is 332 g/mol. The van der Waals surface area contributed by atoms with Crippen LogP contribution in [-0.4, -0.2) is 26.5 Å². The standard InChI is InChI=1S/C16H18N2O5S/c1-10-7-14(11(2)23-10)16(20)18-17-15(19)13-6-4-5-12(8-13)9-24(3,21)22/h4-8H,9H2,1-3H3,(H,17,19)(H,18,20). The fourth-order valence-electron chi connectivity index (χ4n) is 2.21. The minimum Gasteiger partial charge on any atom is -0.466 e. The molecular formula is C16H18N2O5S. The molecule has 0 bridgehead atoms. The van der Waals surface area contributed by atoms with Crippen LogP contribution in [0.15, 0.2) is 34.7 Å². The van der Waals surface area contributed by atoms with Crippen LogP contribution in [0.3, 0.4) is 0 Å². The van der Waals surface area contributed by atoms with E-state index in [4.69, 9.17) is 4.42 Å². The number of nitrogens with one attached hydrogen (secondary N) is 2. The molecule has 0 spiro atoms. The summed E-state index contributed by atoms with van der Waals surface area (Å²) >= 11 is 0. The number of carbonyl (C=O) groups excluding carboxylic acids is 2. The van der Waals surface area contributed by atoms with Crippen molar-refractivity contribution in [2.45, 2.75) is 19.6 Å². The smallest absolute Gasteiger partial charge is 0.273 e. The largest absolute Gasteiger partial charge is 0.466 e. The summed E-state index contributed by atoms with van der Waals surface area (Å²) in [4.78, 5) is 24.1. The predicted molar refractivity (Wildman–Crippen MR) is 88.1 cm³/mol. The van der Waals surface area contributed by atoms with E-state index in [2.05, 4.69) is 10.9 Å². The third-order valence-corrected chi connectivity index (χ3v) is 4.05. The number of sulfone groups is 1. The van der Waals surface area contributed by atoms with E-state index in [9.17, 15) is 18.0 Å². The first-order chi connectivity index (χ1) is 11.2. The van der Waals surface area contributed by atoms with Gasteiger partial charge in [-0.25, -0.2) is 8.42 Å². The molecule has 7 nitrogen and oxygen atoms in total. The van der Waals surface area contributed by atoms with Gasteiger partial charge in [0.15, 0.2) is 9.84 Å².